The number of ether oxygens (including phenoxy) is 1. The summed E-state index contributed by atoms with van der Waals surface area (Å²) in [7, 11) is 0. The number of amides is 2. The highest BCUT2D eigenvalue weighted by atomic mass is 16.6. The average molecular weight is 304 g/mol. The third-order valence-electron chi connectivity index (χ3n) is 4.26. The third kappa shape index (κ3) is 2.88. The molecule has 0 saturated carbocycles. The van der Waals surface area contributed by atoms with Crippen molar-refractivity contribution in [1.29, 1.82) is 0 Å². The number of carbonyl (C=O) groups is 2. The number of carbonyl (C=O) groups excluding carboxylic acids is 2. The molecule has 1 aromatic heterocycles. The van der Waals surface area contributed by atoms with Gasteiger partial charge in [0.25, 0.3) is 0 Å². The molecule has 2 aliphatic rings. The van der Waals surface area contributed by atoms with Crippen molar-refractivity contribution in [3.05, 3.63) is 18.1 Å². The van der Waals surface area contributed by atoms with Gasteiger partial charge in [-0.1, -0.05) is 0 Å². The van der Waals surface area contributed by atoms with E-state index in [0.29, 0.717) is 18.3 Å². The molecule has 0 aromatic carbocycles. The molecule has 0 radical (unpaired) electrons. The zero-order valence-corrected chi connectivity index (χ0v) is 12.9. The molecule has 0 unspecified atom stereocenters. The second kappa shape index (κ2) is 5.90. The average Bonchev–Trinajstić information content (AvgIpc) is 2.86. The Balaban J connectivity index is 1.65. The summed E-state index contributed by atoms with van der Waals surface area (Å²) in [5.74, 6) is 0.974. The topological polar surface area (TPSA) is 75.6 Å². The Kier molecular flexibility index (Phi) is 3.96. The predicted octanol–water partition coefficient (Wildman–Crippen LogP) is 1.55. The molecule has 0 aliphatic carbocycles. The zero-order chi connectivity index (χ0) is 15.7. The first-order valence-electron chi connectivity index (χ1n) is 7.60. The first-order valence-corrected chi connectivity index (χ1v) is 7.60. The minimum Gasteiger partial charge on any atom is -0.444 e. The third-order valence-corrected chi connectivity index (χ3v) is 4.26. The summed E-state index contributed by atoms with van der Waals surface area (Å²) >= 11 is 0. The quantitative estimate of drug-likeness (QED) is 0.828. The second-order valence-corrected chi connectivity index (χ2v) is 5.88. The first-order chi connectivity index (χ1) is 10.5. The molecule has 0 N–H and O–H groups in total. The molecule has 2 aliphatic heterocycles. The van der Waals surface area contributed by atoms with Crippen molar-refractivity contribution in [2.45, 2.75) is 38.7 Å². The number of hydrogen-bond donors (Lipinski definition) is 0. The monoisotopic (exact) mass is 304 g/mol. The molecule has 3 heterocycles. The van der Waals surface area contributed by atoms with Gasteiger partial charge < -0.3 is 9.64 Å². The van der Waals surface area contributed by atoms with Crippen LogP contribution in [0.15, 0.2) is 12.4 Å². The number of aromatic nitrogens is 2. The van der Waals surface area contributed by atoms with E-state index in [9.17, 15) is 9.59 Å². The molecular weight excluding hydrogens is 284 g/mol. The Bertz CT molecular complexity index is 567. The van der Waals surface area contributed by atoms with Gasteiger partial charge in [0.15, 0.2) is 5.82 Å². The molecule has 1 aromatic rings. The summed E-state index contributed by atoms with van der Waals surface area (Å²) in [6.45, 7) is 5.48. The summed E-state index contributed by atoms with van der Waals surface area (Å²) in [6.07, 6.45) is 4.67. The molecule has 3 rings (SSSR count). The van der Waals surface area contributed by atoms with Gasteiger partial charge in [0.1, 0.15) is 6.10 Å². The van der Waals surface area contributed by atoms with Gasteiger partial charge in [0.05, 0.1) is 24.6 Å². The van der Waals surface area contributed by atoms with Crippen LogP contribution in [0.4, 0.5) is 10.6 Å². The molecule has 0 bridgehead atoms. The molecule has 22 heavy (non-hydrogen) atoms. The fraction of sp³-hybridized carbons (Fsp3) is 0.600. The number of rotatable bonds is 2. The van der Waals surface area contributed by atoms with Crippen LogP contribution in [0, 0.1) is 0 Å². The van der Waals surface area contributed by atoms with Crippen molar-refractivity contribution in [3.8, 4) is 0 Å². The fourth-order valence-electron chi connectivity index (χ4n) is 2.96. The van der Waals surface area contributed by atoms with Crippen molar-refractivity contribution < 1.29 is 14.3 Å². The fourth-order valence-corrected chi connectivity index (χ4v) is 2.96. The van der Waals surface area contributed by atoms with Crippen molar-refractivity contribution in [3.63, 3.8) is 0 Å². The minimum absolute atomic E-state index is 0.120. The van der Waals surface area contributed by atoms with Crippen LogP contribution in [-0.2, 0) is 9.53 Å². The number of anilines is 1. The van der Waals surface area contributed by atoms with Crippen LogP contribution in [-0.4, -0.2) is 52.6 Å². The lowest BCUT2D eigenvalue weighted by Crippen LogP contribution is -2.36. The Morgan fingerprint density at radius 3 is 2.50 bits per heavy atom. The van der Waals surface area contributed by atoms with E-state index in [1.807, 2.05) is 11.8 Å². The lowest BCUT2D eigenvalue weighted by atomic mass is 9.94. The van der Waals surface area contributed by atoms with E-state index in [4.69, 9.17) is 4.74 Å². The Morgan fingerprint density at radius 1 is 1.27 bits per heavy atom. The van der Waals surface area contributed by atoms with E-state index in [2.05, 4.69) is 9.97 Å². The van der Waals surface area contributed by atoms with Gasteiger partial charge in [-0.15, -0.1) is 0 Å². The van der Waals surface area contributed by atoms with E-state index in [0.717, 1.165) is 31.6 Å². The minimum atomic E-state index is -0.371. The van der Waals surface area contributed by atoms with E-state index in [1.165, 1.54) is 4.90 Å². The number of piperidine rings is 1. The second-order valence-electron chi connectivity index (χ2n) is 5.88. The smallest absolute Gasteiger partial charge is 0.415 e. The molecular formula is C15H20N4O3. The van der Waals surface area contributed by atoms with Gasteiger partial charge in [-0.3, -0.25) is 14.7 Å². The van der Waals surface area contributed by atoms with E-state index in [1.54, 1.807) is 19.3 Å². The molecule has 7 nitrogen and oxygen atoms in total. The van der Waals surface area contributed by atoms with Gasteiger partial charge in [0, 0.05) is 25.9 Å². The summed E-state index contributed by atoms with van der Waals surface area (Å²) in [4.78, 5) is 35.2. The van der Waals surface area contributed by atoms with E-state index < -0.39 is 0 Å². The van der Waals surface area contributed by atoms with Crippen LogP contribution >= 0.6 is 0 Å². The molecule has 2 amide bonds. The van der Waals surface area contributed by atoms with Crippen LogP contribution in [0.3, 0.4) is 0 Å². The van der Waals surface area contributed by atoms with E-state index in [-0.39, 0.29) is 18.1 Å². The van der Waals surface area contributed by atoms with Gasteiger partial charge in [-0.05, 0) is 19.8 Å². The van der Waals surface area contributed by atoms with E-state index >= 15 is 0 Å². The van der Waals surface area contributed by atoms with Crippen LogP contribution in [0.5, 0.6) is 0 Å². The Labute approximate surface area is 129 Å². The van der Waals surface area contributed by atoms with Crippen LogP contribution < -0.4 is 4.90 Å². The maximum Gasteiger partial charge on any atom is 0.415 e. The number of hydrogen-bond acceptors (Lipinski definition) is 5. The largest absolute Gasteiger partial charge is 0.444 e. The maximum absolute atomic E-state index is 11.7. The van der Waals surface area contributed by atoms with Crippen LogP contribution in [0.1, 0.15) is 38.3 Å². The normalized spacial score (nSPS) is 22.8. The molecule has 2 saturated heterocycles. The lowest BCUT2D eigenvalue weighted by molar-refractivity contribution is -0.129. The van der Waals surface area contributed by atoms with Crippen molar-refractivity contribution in [1.82, 2.24) is 14.9 Å². The SMILES string of the molecule is CC(=O)N1CCC(c2cnc(N3C[C@H](C)OC3=O)cn2)CC1. The van der Waals surface area contributed by atoms with Gasteiger partial charge in [-0.25, -0.2) is 9.78 Å². The van der Waals surface area contributed by atoms with Crippen LogP contribution in [0.2, 0.25) is 0 Å². The Morgan fingerprint density at radius 2 is 2.00 bits per heavy atom. The number of cyclic esters (lactones) is 1. The molecule has 118 valence electrons. The van der Waals surface area contributed by atoms with Crippen LogP contribution in [0.25, 0.3) is 0 Å². The van der Waals surface area contributed by atoms with Crippen molar-refractivity contribution >= 4 is 17.8 Å². The summed E-state index contributed by atoms with van der Waals surface area (Å²) in [6, 6.07) is 0. The van der Waals surface area contributed by atoms with Gasteiger partial charge in [-0.2, -0.15) is 0 Å². The highest BCUT2D eigenvalue weighted by Gasteiger charge is 2.31. The van der Waals surface area contributed by atoms with Gasteiger partial charge >= 0.3 is 6.09 Å². The Hall–Kier alpha value is -2.18. The standard InChI is InChI=1S/C15H20N4O3/c1-10-9-19(15(21)22-10)14-8-16-13(7-17-14)12-3-5-18(6-4-12)11(2)20/h7-8,10,12H,3-6,9H2,1-2H3/t10-/m0/s1. The number of likely N-dealkylation sites (tertiary alicyclic amines) is 1. The lowest BCUT2D eigenvalue weighted by Gasteiger charge is -2.30. The highest BCUT2D eigenvalue weighted by Crippen LogP contribution is 2.27. The zero-order valence-electron chi connectivity index (χ0n) is 12.9. The molecule has 0 spiro atoms. The van der Waals surface area contributed by atoms with Crippen molar-refractivity contribution in [2.75, 3.05) is 24.5 Å². The molecule has 2 fully saturated rings. The summed E-state index contributed by atoms with van der Waals surface area (Å²) in [5, 5.41) is 0. The molecule has 7 heteroatoms. The number of nitrogens with zero attached hydrogens (tertiary/aromatic N) is 4. The predicted molar refractivity (Wildman–Crippen MR) is 79.6 cm³/mol. The summed E-state index contributed by atoms with van der Waals surface area (Å²) in [5.41, 5.74) is 0.924. The maximum atomic E-state index is 11.7. The van der Waals surface area contributed by atoms with Gasteiger partial charge in [0.2, 0.25) is 5.91 Å². The highest BCUT2D eigenvalue weighted by molar-refractivity contribution is 5.88. The molecule has 1 atom stereocenters. The summed E-state index contributed by atoms with van der Waals surface area (Å²) < 4.78 is 5.09. The van der Waals surface area contributed by atoms with Crippen molar-refractivity contribution in [2.24, 2.45) is 0 Å². The first kappa shape index (κ1) is 14.7.